The number of hydrogen-bond acceptors (Lipinski definition) is 2. The fraction of sp³-hybridized carbons (Fsp3) is 0.500. The molecule has 1 N–H and O–H groups in total. The average Bonchev–Trinajstić information content (AvgIpc) is 2.73. The molecule has 2 aliphatic rings. The Morgan fingerprint density at radius 2 is 1.72 bits per heavy atom. The molecule has 0 aromatic heterocycles. The maximum Gasteiger partial charge on any atom is 0.416 e. The number of piperidine rings is 1. The largest absolute Gasteiger partial charge is 0.416 e. The summed E-state index contributed by atoms with van der Waals surface area (Å²) in [6, 6.07) is 14.7. The van der Waals surface area contributed by atoms with Gasteiger partial charge in [0.15, 0.2) is 0 Å². The Hall–Kier alpha value is -1.85. The first-order valence-corrected chi connectivity index (χ1v) is 10.5. The fourth-order valence-corrected chi connectivity index (χ4v) is 5.04. The van der Waals surface area contributed by atoms with Gasteiger partial charge in [0.2, 0.25) is 0 Å². The molecule has 1 heterocycles. The lowest BCUT2D eigenvalue weighted by Gasteiger charge is -2.45. The van der Waals surface area contributed by atoms with Crippen molar-refractivity contribution in [2.24, 2.45) is 5.41 Å². The molecule has 2 aromatic rings. The number of rotatable bonds is 4. The van der Waals surface area contributed by atoms with Crippen LogP contribution >= 0.6 is 0 Å². The maximum atomic E-state index is 13.0. The van der Waals surface area contributed by atoms with E-state index in [4.69, 9.17) is 0 Å². The minimum absolute atomic E-state index is 0.0184. The fourth-order valence-electron chi connectivity index (χ4n) is 5.04. The highest BCUT2D eigenvalue weighted by Crippen LogP contribution is 2.38. The summed E-state index contributed by atoms with van der Waals surface area (Å²) in [5.41, 5.74) is 2.62. The first-order chi connectivity index (χ1) is 13.9. The Labute approximate surface area is 170 Å². The number of aliphatic hydroxyl groups excluding tert-OH is 1. The van der Waals surface area contributed by atoms with Gasteiger partial charge in [0.25, 0.3) is 0 Å². The summed E-state index contributed by atoms with van der Waals surface area (Å²) in [7, 11) is 0. The summed E-state index contributed by atoms with van der Waals surface area (Å²) in [6.45, 7) is 1.81. The standard InChI is InChI=1S/C24H28F3NO/c25-24(26,27)21-7-3-4-18(14-21)16-23(17-29)10-12-28(13-11-23)22-9-8-19-5-1-2-6-20(19)15-22/h1-7,14,22,29H,8-13,15-17H2/t22-/m1/s1. The van der Waals surface area contributed by atoms with Crippen LogP contribution in [0.5, 0.6) is 0 Å². The number of halogens is 3. The highest BCUT2D eigenvalue weighted by molar-refractivity contribution is 5.30. The summed E-state index contributed by atoms with van der Waals surface area (Å²) in [6.07, 6.45) is 1.12. The van der Waals surface area contributed by atoms with Gasteiger partial charge in [0.1, 0.15) is 0 Å². The number of likely N-dealkylation sites (tertiary alicyclic amines) is 1. The SMILES string of the molecule is OCC1(Cc2cccc(C(F)(F)F)c2)CCN([C@@H]2CCc3ccccc3C2)CC1. The Kier molecular flexibility index (Phi) is 5.71. The maximum absolute atomic E-state index is 13.0. The van der Waals surface area contributed by atoms with E-state index in [0.717, 1.165) is 51.3 Å². The average molecular weight is 403 g/mol. The van der Waals surface area contributed by atoms with E-state index in [1.54, 1.807) is 6.07 Å². The van der Waals surface area contributed by atoms with Crippen LogP contribution in [-0.2, 0) is 25.4 Å². The molecular formula is C24H28F3NO. The van der Waals surface area contributed by atoms with Crippen LogP contribution in [0.15, 0.2) is 48.5 Å². The van der Waals surface area contributed by atoms with Gasteiger partial charge in [-0.1, -0.05) is 42.5 Å². The van der Waals surface area contributed by atoms with E-state index in [-0.39, 0.29) is 12.0 Å². The van der Waals surface area contributed by atoms with E-state index in [1.807, 2.05) is 0 Å². The Balaban J connectivity index is 1.41. The van der Waals surface area contributed by atoms with Crippen LogP contribution in [0.4, 0.5) is 13.2 Å². The molecular weight excluding hydrogens is 375 g/mol. The first kappa shape index (κ1) is 20.4. The van der Waals surface area contributed by atoms with Gasteiger partial charge in [0.05, 0.1) is 5.56 Å². The Morgan fingerprint density at radius 1 is 1.00 bits per heavy atom. The molecule has 0 bridgehead atoms. The van der Waals surface area contributed by atoms with Gasteiger partial charge >= 0.3 is 6.18 Å². The van der Waals surface area contributed by atoms with Crippen LogP contribution in [0.3, 0.4) is 0 Å². The van der Waals surface area contributed by atoms with Crippen molar-refractivity contribution in [2.45, 2.75) is 50.7 Å². The van der Waals surface area contributed by atoms with Crippen LogP contribution in [-0.4, -0.2) is 35.7 Å². The zero-order valence-corrected chi connectivity index (χ0v) is 16.6. The second kappa shape index (κ2) is 8.11. The third-order valence-electron chi connectivity index (χ3n) is 6.86. The quantitative estimate of drug-likeness (QED) is 0.787. The normalized spacial score (nSPS) is 22.3. The molecule has 1 fully saturated rings. The minimum Gasteiger partial charge on any atom is -0.396 e. The molecule has 5 heteroatoms. The molecule has 4 rings (SSSR count). The number of aliphatic hydroxyl groups is 1. The molecule has 0 unspecified atom stereocenters. The van der Waals surface area contributed by atoms with Crippen molar-refractivity contribution in [2.75, 3.05) is 19.7 Å². The second-order valence-electron chi connectivity index (χ2n) is 8.73. The minimum atomic E-state index is -4.33. The van der Waals surface area contributed by atoms with Crippen LogP contribution < -0.4 is 0 Å². The zero-order valence-electron chi connectivity index (χ0n) is 16.6. The van der Waals surface area contributed by atoms with Crippen molar-refractivity contribution < 1.29 is 18.3 Å². The number of fused-ring (bicyclic) bond motifs is 1. The van der Waals surface area contributed by atoms with Crippen molar-refractivity contribution >= 4 is 0 Å². The molecule has 2 nitrogen and oxygen atoms in total. The van der Waals surface area contributed by atoms with Gasteiger partial charge in [-0.15, -0.1) is 0 Å². The molecule has 0 saturated carbocycles. The van der Waals surface area contributed by atoms with Crippen molar-refractivity contribution in [3.8, 4) is 0 Å². The van der Waals surface area contributed by atoms with E-state index >= 15 is 0 Å². The molecule has 2 aromatic carbocycles. The smallest absolute Gasteiger partial charge is 0.396 e. The Bertz CT molecular complexity index is 840. The highest BCUT2D eigenvalue weighted by atomic mass is 19.4. The number of alkyl halides is 3. The summed E-state index contributed by atoms with van der Waals surface area (Å²) >= 11 is 0. The van der Waals surface area contributed by atoms with Crippen LogP contribution in [0, 0.1) is 5.41 Å². The molecule has 29 heavy (non-hydrogen) atoms. The predicted octanol–water partition coefficient (Wildman–Crippen LogP) is 4.88. The third kappa shape index (κ3) is 4.51. The van der Waals surface area contributed by atoms with Crippen LogP contribution in [0.1, 0.15) is 41.5 Å². The van der Waals surface area contributed by atoms with Crippen LogP contribution in [0.25, 0.3) is 0 Å². The zero-order chi connectivity index (χ0) is 20.5. The summed E-state index contributed by atoms with van der Waals surface area (Å²) in [4.78, 5) is 2.52. The van der Waals surface area contributed by atoms with E-state index in [1.165, 1.54) is 23.3 Å². The molecule has 0 radical (unpaired) electrons. The Morgan fingerprint density at radius 3 is 2.41 bits per heavy atom. The van der Waals surface area contributed by atoms with Crippen molar-refractivity contribution in [3.05, 3.63) is 70.8 Å². The van der Waals surface area contributed by atoms with Gasteiger partial charge in [-0.2, -0.15) is 13.2 Å². The van der Waals surface area contributed by atoms with E-state index in [2.05, 4.69) is 29.2 Å². The molecule has 156 valence electrons. The lowest BCUT2D eigenvalue weighted by Crippen LogP contribution is -2.48. The summed E-state index contributed by atoms with van der Waals surface area (Å²) in [5, 5.41) is 10.1. The predicted molar refractivity (Wildman–Crippen MR) is 108 cm³/mol. The lowest BCUT2D eigenvalue weighted by atomic mass is 9.73. The number of nitrogens with zero attached hydrogens (tertiary/aromatic N) is 1. The first-order valence-electron chi connectivity index (χ1n) is 10.5. The molecule has 1 aliphatic carbocycles. The molecule has 1 aliphatic heterocycles. The van der Waals surface area contributed by atoms with Crippen molar-refractivity contribution in [1.82, 2.24) is 4.90 Å². The van der Waals surface area contributed by atoms with E-state index < -0.39 is 11.7 Å². The van der Waals surface area contributed by atoms with Crippen molar-refractivity contribution in [1.29, 1.82) is 0 Å². The number of aryl methyl sites for hydroxylation is 1. The van der Waals surface area contributed by atoms with E-state index in [0.29, 0.717) is 18.0 Å². The highest BCUT2D eigenvalue weighted by Gasteiger charge is 2.37. The summed E-state index contributed by atoms with van der Waals surface area (Å²) < 4.78 is 39.1. The molecule has 0 amide bonds. The number of hydrogen-bond donors (Lipinski definition) is 1. The monoisotopic (exact) mass is 403 g/mol. The van der Waals surface area contributed by atoms with Gasteiger partial charge in [-0.05, 0) is 79.8 Å². The molecule has 1 saturated heterocycles. The van der Waals surface area contributed by atoms with Crippen LogP contribution in [0.2, 0.25) is 0 Å². The topological polar surface area (TPSA) is 23.5 Å². The van der Waals surface area contributed by atoms with E-state index in [9.17, 15) is 18.3 Å². The third-order valence-corrected chi connectivity index (χ3v) is 6.86. The van der Waals surface area contributed by atoms with Gasteiger partial charge in [-0.25, -0.2) is 0 Å². The number of benzene rings is 2. The summed E-state index contributed by atoms with van der Waals surface area (Å²) in [5.74, 6) is 0. The van der Waals surface area contributed by atoms with Gasteiger partial charge in [0, 0.05) is 12.6 Å². The van der Waals surface area contributed by atoms with Gasteiger partial charge < -0.3 is 10.0 Å². The second-order valence-corrected chi connectivity index (χ2v) is 8.73. The lowest BCUT2D eigenvalue weighted by molar-refractivity contribution is -0.137. The van der Waals surface area contributed by atoms with Crippen molar-refractivity contribution in [3.63, 3.8) is 0 Å². The van der Waals surface area contributed by atoms with Gasteiger partial charge in [-0.3, -0.25) is 0 Å². The molecule has 1 atom stereocenters. The molecule has 0 spiro atoms.